The Morgan fingerprint density at radius 1 is 1.03 bits per heavy atom. The van der Waals surface area contributed by atoms with Crippen molar-refractivity contribution in [2.24, 2.45) is 0 Å². The highest BCUT2D eigenvalue weighted by molar-refractivity contribution is 7.92. The van der Waals surface area contributed by atoms with E-state index in [1.54, 1.807) is 28.9 Å². The minimum absolute atomic E-state index is 0.298. The number of rotatable bonds is 7. The molecule has 0 bridgehead atoms. The number of benzene rings is 2. The van der Waals surface area contributed by atoms with Gasteiger partial charge in [0.25, 0.3) is 0 Å². The van der Waals surface area contributed by atoms with E-state index in [1.165, 1.54) is 44.0 Å². The highest BCUT2D eigenvalue weighted by Crippen LogP contribution is 2.17. The van der Waals surface area contributed by atoms with Crippen LogP contribution in [0, 0.1) is 0 Å². The Bertz CT molecular complexity index is 1110. The number of aromatic nitrogens is 3. The average molecular weight is 414 g/mol. The molecular weight excluding hydrogens is 396 g/mol. The first-order valence-corrected chi connectivity index (χ1v) is 10.3. The van der Waals surface area contributed by atoms with Gasteiger partial charge in [0.1, 0.15) is 12.7 Å². The smallest absolute Gasteiger partial charge is 0.338 e. The van der Waals surface area contributed by atoms with Crippen molar-refractivity contribution in [3.05, 3.63) is 72.3 Å². The van der Waals surface area contributed by atoms with Gasteiger partial charge in [0, 0.05) is 12.6 Å². The van der Waals surface area contributed by atoms with Crippen molar-refractivity contribution < 1.29 is 22.7 Å². The molecular formula is C19H18N4O5S. The zero-order chi connectivity index (χ0) is 21.0. The number of hydrogen-bond donors (Lipinski definition) is 0. The molecule has 0 aliphatic heterocycles. The lowest BCUT2D eigenvalue weighted by Crippen LogP contribution is -2.24. The third kappa shape index (κ3) is 4.85. The van der Waals surface area contributed by atoms with Gasteiger partial charge in [-0.1, -0.05) is 0 Å². The summed E-state index contributed by atoms with van der Waals surface area (Å²) in [5, 5.41) is 3.99. The molecule has 1 aromatic heterocycles. The van der Waals surface area contributed by atoms with E-state index in [4.69, 9.17) is 4.74 Å². The van der Waals surface area contributed by atoms with Gasteiger partial charge in [-0.25, -0.2) is 22.9 Å². The third-order valence-electron chi connectivity index (χ3n) is 4.17. The minimum atomic E-state index is -3.39. The number of sulfonamides is 1. The first-order valence-electron chi connectivity index (χ1n) is 8.45. The molecule has 0 spiro atoms. The summed E-state index contributed by atoms with van der Waals surface area (Å²) >= 11 is 0. The van der Waals surface area contributed by atoms with Crippen LogP contribution in [0.3, 0.4) is 0 Å². The van der Waals surface area contributed by atoms with Crippen molar-refractivity contribution in [3.8, 4) is 5.69 Å². The van der Waals surface area contributed by atoms with Crippen LogP contribution >= 0.6 is 0 Å². The van der Waals surface area contributed by atoms with Gasteiger partial charge in [-0.05, 0) is 48.5 Å². The van der Waals surface area contributed by atoms with E-state index in [0.717, 1.165) is 16.2 Å². The predicted octanol–water partition coefficient (Wildman–Crippen LogP) is 1.70. The summed E-state index contributed by atoms with van der Waals surface area (Å²) in [6, 6.07) is 12.5. The van der Waals surface area contributed by atoms with Crippen LogP contribution in [0.25, 0.3) is 5.69 Å². The van der Waals surface area contributed by atoms with Crippen molar-refractivity contribution in [1.29, 1.82) is 0 Å². The first kappa shape index (κ1) is 20.2. The van der Waals surface area contributed by atoms with E-state index in [-0.39, 0.29) is 0 Å². The van der Waals surface area contributed by atoms with Crippen LogP contribution in [0.5, 0.6) is 0 Å². The predicted molar refractivity (Wildman–Crippen MR) is 106 cm³/mol. The van der Waals surface area contributed by atoms with Gasteiger partial charge in [-0.15, -0.1) is 0 Å². The zero-order valence-electron chi connectivity index (χ0n) is 15.7. The summed E-state index contributed by atoms with van der Waals surface area (Å²) in [6.45, 7) is -0.426. The number of Topliss-reactive ketones (excluding diaryl/α,β-unsaturated/α-hetero) is 1. The summed E-state index contributed by atoms with van der Waals surface area (Å²) in [5.74, 6) is -1.02. The number of ketones is 1. The number of hydrogen-bond acceptors (Lipinski definition) is 7. The Labute approximate surface area is 167 Å². The molecule has 0 unspecified atom stereocenters. The van der Waals surface area contributed by atoms with E-state index >= 15 is 0 Å². The van der Waals surface area contributed by atoms with Gasteiger partial charge in [-0.3, -0.25) is 9.10 Å². The highest BCUT2D eigenvalue weighted by atomic mass is 32.2. The number of ether oxygens (including phenoxy) is 1. The van der Waals surface area contributed by atoms with Crippen LogP contribution in [-0.4, -0.2) is 54.8 Å². The second kappa shape index (κ2) is 8.23. The fourth-order valence-corrected chi connectivity index (χ4v) is 2.94. The molecule has 29 heavy (non-hydrogen) atoms. The molecule has 0 aliphatic rings. The number of carbonyl (C=O) groups excluding carboxylic acids is 2. The molecule has 0 radical (unpaired) electrons. The van der Waals surface area contributed by atoms with Crippen LogP contribution in [0.15, 0.2) is 61.2 Å². The number of carbonyl (C=O) groups is 2. The van der Waals surface area contributed by atoms with Crippen molar-refractivity contribution in [1.82, 2.24) is 14.8 Å². The van der Waals surface area contributed by atoms with Gasteiger partial charge in [0.15, 0.2) is 12.4 Å². The second-order valence-corrected chi connectivity index (χ2v) is 8.18. The Hall–Kier alpha value is -3.53. The second-order valence-electron chi connectivity index (χ2n) is 6.16. The molecule has 0 aliphatic carbocycles. The quantitative estimate of drug-likeness (QED) is 0.427. The molecule has 0 atom stereocenters. The van der Waals surface area contributed by atoms with Gasteiger partial charge < -0.3 is 4.74 Å². The number of anilines is 1. The molecule has 0 saturated heterocycles. The Morgan fingerprint density at radius 3 is 2.21 bits per heavy atom. The largest absolute Gasteiger partial charge is 0.454 e. The monoisotopic (exact) mass is 414 g/mol. The lowest BCUT2D eigenvalue weighted by molar-refractivity contribution is 0.0475. The van der Waals surface area contributed by atoms with E-state index in [1.807, 2.05) is 0 Å². The molecule has 2 aromatic carbocycles. The number of nitrogens with zero attached hydrogens (tertiary/aromatic N) is 4. The summed E-state index contributed by atoms with van der Waals surface area (Å²) < 4.78 is 30.8. The van der Waals surface area contributed by atoms with Crippen LogP contribution < -0.4 is 4.31 Å². The van der Waals surface area contributed by atoms with Crippen LogP contribution in [0.1, 0.15) is 20.7 Å². The standard InChI is InChI=1S/C19H18N4O5S/c1-22(29(2,26)27)16-7-3-14(4-8-16)18(24)11-28-19(25)15-5-9-17(10-6-15)23-13-20-12-21-23/h3-10,12-13H,11H2,1-2H3. The summed E-state index contributed by atoms with van der Waals surface area (Å²) in [6.07, 6.45) is 4.02. The van der Waals surface area contributed by atoms with Crippen LogP contribution in [-0.2, 0) is 14.8 Å². The zero-order valence-corrected chi connectivity index (χ0v) is 16.5. The van der Waals surface area contributed by atoms with E-state index in [9.17, 15) is 18.0 Å². The van der Waals surface area contributed by atoms with Gasteiger partial charge in [-0.2, -0.15) is 5.10 Å². The van der Waals surface area contributed by atoms with Gasteiger partial charge >= 0.3 is 5.97 Å². The van der Waals surface area contributed by atoms with Crippen LogP contribution in [0.4, 0.5) is 5.69 Å². The van der Waals surface area contributed by atoms with Crippen LogP contribution in [0.2, 0.25) is 0 Å². The summed E-state index contributed by atoms with van der Waals surface area (Å²) in [4.78, 5) is 28.2. The summed E-state index contributed by atoms with van der Waals surface area (Å²) in [7, 11) is -1.97. The van der Waals surface area contributed by atoms with Gasteiger partial charge in [0.2, 0.25) is 10.0 Å². The topological polar surface area (TPSA) is 111 Å². The van der Waals surface area contributed by atoms with Crippen molar-refractivity contribution >= 4 is 27.5 Å². The van der Waals surface area contributed by atoms with Crippen molar-refractivity contribution in [2.75, 3.05) is 24.2 Å². The van der Waals surface area contributed by atoms with E-state index in [0.29, 0.717) is 16.8 Å². The molecule has 0 saturated carbocycles. The molecule has 10 heteroatoms. The molecule has 3 rings (SSSR count). The Kier molecular flexibility index (Phi) is 5.74. The average Bonchev–Trinajstić information content (AvgIpc) is 3.25. The first-order chi connectivity index (χ1) is 13.8. The normalized spacial score (nSPS) is 11.1. The molecule has 0 amide bonds. The molecule has 150 valence electrons. The Morgan fingerprint density at radius 2 is 1.66 bits per heavy atom. The lowest BCUT2D eigenvalue weighted by atomic mass is 10.1. The van der Waals surface area contributed by atoms with Crippen molar-refractivity contribution in [3.63, 3.8) is 0 Å². The molecule has 3 aromatic rings. The minimum Gasteiger partial charge on any atom is -0.454 e. The molecule has 0 fully saturated rings. The Balaban J connectivity index is 1.59. The molecule has 0 N–H and O–H groups in total. The lowest BCUT2D eigenvalue weighted by Gasteiger charge is -2.16. The molecule has 1 heterocycles. The maximum absolute atomic E-state index is 12.2. The SMILES string of the molecule is CN(c1ccc(C(=O)COC(=O)c2ccc(-n3cncn3)cc2)cc1)S(C)(=O)=O. The van der Waals surface area contributed by atoms with E-state index in [2.05, 4.69) is 10.1 Å². The third-order valence-corrected chi connectivity index (χ3v) is 5.38. The van der Waals surface area contributed by atoms with Crippen molar-refractivity contribution in [2.45, 2.75) is 0 Å². The van der Waals surface area contributed by atoms with E-state index < -0.39 is 28.4 Å². The van der Waals surface area contributed by atoms with Gasteiger partial charge in [0.05, 0.1) is 23.2 Å². The fourth-order valence-electron chi connectivity index (χ4n) is 2.44. The summed E-state index contributed by atoms with van der Waals surface area (Å²) in [5.41, 5.74) is 1.76. The number of esters is 1. The fraction of sp³-hybridized carbons (Fsp3) is 0.158. The maximum Gasteiger partial charge on any atom is 0.338 e. The highest BCUT2D eigenvalue weighted by Gasteiger charge is 2.15. The molecule has 9 nitrogen and oxygen atoms in total. The maximum atomic E-state index is 12.2.